The Kier molecular flexibility index (Phi) is 4.16. The van der Waals surface area contributed by atoms with E-state index in [4.69, 9.17) is 0 Å². The number of aromatic nitrogens is 2. The lowest BCUT2D eigenvalue weighted by Crippen LogP contribution is -2.15. The summed E-state index contributed by atoms with van der Waals surface area (Å²) in [5, 5.41) is 0. The third kappa shape index (κ3) is 3.12. The van der Waals surface area contributed by atoms with E-state index in [0.717, 1.165) is 27.1 Å². The van der Waals surface area contributed by atoms with Gasteiger partial charge in [0.1, 0.15) is 10.0 Å². The number of thioether (sulfide) groups is 2. The highest BCUT2D eigenvalue weighted by atomic mass is 32.2. The number of aliphatic imine (C=N–C) groups is 1. The molecule has 0 radical (unpaired) electrons. The summed E-state index contributed by atoms with van der Waals surface area (Å²) >= 11 is 3.37. The molecule has 24 heavy (non-hydrogen) atoms. The quantitative estimate of drug-likeness (QED) is 0.694. The Morgan fingerprint density at radius 3 is 3.04 bits per heavy atom. The van der Waals surface area contributed by atoms with Crippen molar-refractivity contribution in [1.82, 2.24) is 9.38 Å². The maximum Gasteiger partial charge on any atom is 0.258 e. The first-order chi connectivity index (χ1) is 11.7. The number of pyridine rings is 1. The molecule has 1 aliphatic rings. The van der Waals surface area contributed by atoms with Gasteiger partial charge < -0.3 is 0 Å². The second-order valence-electron chi connectivity index (χ2n) is 5.60. The van der Waals surface area contributed by atoms with Crippen LogP contribution in [0.4, 0.5) is 5.69 Å². The van der Waals surface area contributed by atoms with Crippen LogP contribution in [0.25, 0.3) is 5.65 Å². The van der Waals surface area contributed by atoms with Gasteiger partial charge in [-0.3, -0.25) is 9.20 Å². The zero-order chi connectivity index (χ0) is 16.5. The predicted octanol–water partition coefficient (Wildman–Crippen LogP) is 4.17. The molecular formula is C18H15N3OS2. The van der Waals surface area contributed by atoms with Crippen LogP contribution in [-0.2, 0) is 11.5 Å². The molecule has 4 nitrogen and oxygen atoms in total. The molecule has 0 aliphatic carbocycles. The minimum Gasteiger partial charge on any atom is -0.269 e. The van der Waals surface area contributed by atoms with Gasteiger partial charge in [0.15, 0.2) is 0 Å². The highest BCUT2D eigenvalue weighted by molar-refractivity contribution is 8.38. The van der Waals surface area contributed by atoms with Crippen molar-refractivity contribution in [2.24, 2.45) is 4.99 Å². The SMILES string of the molecule is Cc1ccc2nc(CSC3=Nc4ccccc4CS3)cc(=O)n2c1. The zero-order valence-corrected chi connectivity index (χ0v) is 14.7. The fourth-order valence-electron chi connectivity index (χ4n) is 2.55. The van der Waals surface area contributed by atoms with Crippen LogP contribution in [0.15, 0.2) is 58.4 Å². The summed E-state index contributed by atoms with van der Waals surface area (Å²) in [7, 11) is 0. The van der Waals surface area contributed by atoms with E-state index < -0.39 is 0 Å². The van der Waals surface area contributed by atoms with Crippen molar-refractivity contribution in [2.45, 2.75) is 18.4 Å². The van der Waals surface area contributed by atoms with E-state index in [1.807, 2.05) is 43.5 Å². The van der Waals surface area contributed by atoms with Crippen molar-refractivity contribution in [1.29, 1.82) is 0 Å². The van der Waals surface area contributed by atoms with Gasteiger partial charge in [0.05, 0.1) is 11.4 Å². The molecule has 0 saturated carbocycles. The Balaban J connectivity index is 1.57. The number of fused-ring (bicyclic) bond motifs is 2. The standard InChI is InChI=1S/C18H15N3OS2/c1-12-6-7-16-19-14(8-17(22)21(16)9-12)11-24-18-20-15-5-3-2-4-13(15)10-23-18/h2-9H,10-11H2,1H3. The summed E-state index contributed by atoms with van der Waals surface area (Å²) in [5.41, 5.74) is 4.79. The third-order valence-corrected chi connectivity index (χ3v) is 6.04. The van der Waals surface area contributed by atoms with Crippen molar-refractivity contribution >= 4 is 39.2 Å². The molecule has 1 aromatic carbocycles. The lowest BCUT2D eigenvalue weighted by molar-refractivity contribution is 1.00. The van der Waals surface area contributed by atoms with Crippen LogP contribution in [0, 0.1) is 6.92 Å². The highest BCUT2D eigenvalue weighted by Gasteiger charge is 2.13. The van der Waals surface area contributed by atoms with E-state index in [0.29, 0.717) is 11.4 Å². The zero-order valence-electron chi connectivity index (χ0n) is 13.1. The molecule has 0 fully saturated rings. The number of nitrogens with zero attached hydrogens (tertiary/aromatic N) is 3. The summed E-state index contributed by atoms with van der Waals surface area (Å²) < 4.78 is 2.62. The smallest absolute Gasteiger partial charge is 0.258 e. The molecule has 1 aliphatic heterocycles. The van der Waals surface area contributed by atoms with E-state index in [9.17, 15) is 4.79 Å². The summed E-state index contributed by atoms with van der Waals surface area (Å²) in [4.78, 5) is 21.5. The molecular weight excluding hydrogens is 338 g/mol. The number of hydrogen-bond acceptors (Lipinski definition) is 5. The van der Waals surface area contributed by atoms with E-state index in [1.54, 1.807) is 34.0 Å². The average Bonchev–Trinajstić information content (AvgIpc) is 2.60. The second-order valence-corrected chi connectivity index (χ2v) is 7.79. The molecule has 0 unspecified atom stereocenters. The Bertz CT molecular complexity index is 1010. The maximum atomic E-state index is 12.2. The molecule has 0 atom stereocenters. The molecule has 4 rings (SSSR count). The number of aryl methyl sites for hydroxylation is 1. The highest BCUT2D eigenvalue weighted by Crippen LogP contribution is 2.35. The Labute approximate surface area is 148 Å². The minimum atomic E-state index is -0.0390. The van der Waals surface area contributed by atoms with Crippen LogP contribution in [0.5, 0.6) is 0 Å². The first kappa shape index (κ1) is 15.5. The minimum absolute atomic E-state index is 0.0390. The Hall–Kier alpha value is -2.05. The molecule has 3 aromatic rings. The lowest BCUT2D eigenvalue weighted by Gasteiger charge is -2.14. The Morgan fingerprint density at radius 2 is 2.12 bits per heavy atom. The van der Waals surface area contributed by atoms with Gasteiger partial charge in [0.2, 0.25) is 0 Å². The third-order valence-electron chi connectivity index (χ3n) is 3.76. The van der Waals surface area contributed by atoms with E-state index in [2.05, 4.69) is 16.0 Å². The van der Waals surface area contributed by atoms with E-state index >= 15 is 0 Å². The Morgan fingerprint density at radius 1 is 1.25 bits per heavy atom. The fraction of sp³-hybridized carbons (Fsp3) is 0.167. The molecule has 0 amide bonds. The molecule has 0 spiro atoms. The van der Waals surface area contributed by atoms with Gasteiger partial charge in [-0.25, -0.2) is 9.98 Å². The van der Waals surface area contributed by atoms with Gasteiger partial charge in [0.25, 0.3) is 5.56 Å². The summed E-state index contributed by atoms with van der Waals surface area (Å²) in [5.74, 6) is 1.59. The number of para-hydroxylation sites is 1. The van der Waals surface area contributed by atoms with Crippen LogP contribution >= 0.6 is 23.5 Å². The lowest BCUT2D eigenvalue weighted by atomic mass is 10.2. The molecule has 0 bridgehead atoms. The van der Waals surface area contributed by atoms with Crippen molar-refractivity contribution in [2.75, 3.05) is 0 Å². The average molecular weight is 353 g/mol. The molecule has 120 valence electrons. The number of hydrogen-bond donors (Lipinski definition) is 0. The predicted molar refractivity (Wildman–Crippen MR) is 102 cm³/mol. The second kappa shape index (κ2) is 6.45. The van der Waals surface area contributed by atoms with Crippen molar-refractivity contribution in [3.8, 4) is 0 Å². The number of rotatable bonds is 2. The molecule has 6 heteroatoms. The largest absolute Gasteiger partial charge is 0.269 e. The molecule has 0 N–H and O–H groups in total. The molecule has 3 heterocycles. The van der Waals surface area contributed by atoms with Crippen molar-refractivity contribution in [3.05, 3.63) is 75.8 Å². The van der Waals surface area contributed by atoms with Crippen LogP contribution < -0.4 is 5.56 Å². The first-order valence-electron chi connectivity index (χ1n) is 7.60. The van der Waals surface area contributed by atoms with Gasteiger partial charge in [-0.2, -0.15) is 0 Å². The van der Waals surface area contributed by atoms with Crippen molar-refractivity contribution in [3.63, 3.8) is 0 Å². The monoisotopic (exact) mass is 353 g/mol. The van der Waals surface area contributed by atoms with Crippen LogP contribution in [-0.4, -0.2) is 13.8 Å². The van der Waals surface area contributed by atoms with Gasteiger partial charge in [0, 0.05) is 23.8 Å². The summed E-state index contributed by atoms with van der Waals surface area (Å²) in [6.45, 7) is 1.96. The van der Waals surface area contributed by atoms with Gasteiger partial charge in [-0.05, 0) is 30.2 Å². The maximum absolute atomic E-state index is 12.2. The van der Waals surface area contributed by atoms with Crippen molar-refractivity contribution < 1.29 is 0 Å². The van der Waals surface area contributed by atoms with Gasteiger partial charge >= 0.3 is 0 Å². The van der Waals surface area contributed by atoms with Crippen LogP contribution in [0.2, 0.25) is 0 Å². The van der Waals surface area contributed by atoms with Crippen LogP contribution in [0.3, 0.4) is 0 Å². The topological polar surface area (TPSA) is 46.7 Å². The molecule has 0 saturated heterocycles. The number of benzene rings is 1. The van der Waals surface area contributed by atoms with Crippen LogP contribution in [0.1, 0.15) is 16.8 Å². The normalized spacial score (nSPS) is 13.6. The first-order valence-corrected chi connectivity index (χ1v) is 9.57. The summed E-state index contributed by atoms with van der Waals surface area (Å²) in [6, 6.07) is 13.7. The van der Waals surface area contributed by atoms with Gasteiger partial charge in [-0.1, -0.05) is 47.8 Å². The summed E-state index contributed by atoms with van der Waals surface area (Å²) in [6.07, 6.45) is 1.82. The van der Waals surface area contributed by atoms with E-state index in [-0.39, 0.29) is 5.56 Å². The van der Waals surface area contributed by atoms with Gasteiger partial charge in [-0.15, -0.1) is 0 Å². The van der Waals surface area contributed by atoms with E-state index in [1.165, 1.54) is 5.56 Å². The molecule has 2 aromatic heterocycles. The fourth-order valence-corrected chi connectivity index (χ4v) is 4.51.